The van der Waals surface area contributed by atoms with E-state index in [-0.39, 0.29) is 16.3 Å². The number of hydrogen-bond acceptors (Lipinski definition) is 5. The predicted molar refractivity (Wildman–Crippen MR) is 147 cm³/mol. The van der Waals surface area contributed by atoms with Crippen LogP contribution in [-0.4, -0.2) is 28.5 Å². The van der Waals surface area contributed by atoms with Crippen LogP contribution < -0.4 is 14.8 Å². The number of fused-ring (bicyclic) bond motifs is 1. The lowest BCUT2D eigenvalue weighted by Crippen LogP contribution is -2.23. The Balaban J connectivity index is 1.50. The van der Waals surface area contributed by atoms with Crippen molar-refractivity contribution < 1.29 is 14.3 Å². The summed E-state index contributed by atoms with van der Waals surface area (Å²) >= 11 is 15.7. The molecular formula is C27H24BrCl2N3O3. The van der Waals surface area contributed by atoms with Gasteiger partial charge in [0.05, 0.1) is 17.7 Å². The molecule has 1 saturated carbocycles. The van der Waals surface area contributed by atoms with E-state index >= 15 is 0 Å². The van der Waals surface area contributed by atoms with E-state index in [1.54, 1.807) is 12.1 Å². The molecule has 5 rings (SSSR count). The summed E-state index contributed by atoms with van der Waals surface area (Å²) in [5.74, 6) is 1.02. The highest BCUT2D eigenvalue weighted by Gasteiger charge is 2.22. The highest BCUT2D eigenvalue weighted by Crippen LogP contribution is 2.37. The number of halogens is 3. The smallest absolute Gasteiger partial charge is 0.345 e. The van der Waals surface area contributed by atoms with Gasteiger partial charge in [0.2, 0.25) is 0 Å². The number of ether oxygens (including phenoxy) is 2. The van der Waals surface area contributed by atoms with Gasteiger partial charge in [-0.25, -0.2) is 9.78 Å². The number of benzene rings is 2. The summed E-state index contributed by atoms with van der Waals surface area (Å²) in [4.78, 5) is 17.7. The van der Waals surface area contributed by atoms with E-state index in [1.165, 1.54) is 38.5 Å². The number of rotatable bonds is 6. The Morgan fingerprint density at radius 1 is 1.06 bits per heavy atom. The number of esters is 1. The number of nitrogens with zero attached hydrogens (tertiary/aromatic N) is 2. The molecule has 36 heavy (non-hydrogen) atoms. The van der Waals surface area contributed by atoms with Crippen LogP contribution in [0.15, 0.2) is 59.2 Å². The monoisotopic (exact) mass is 587 g/mol. The summed E-state index contributed by atoms with van der Waals surface area (Å²) in [6.07, 6.45) is 8.00. The molecule has 0 unspecified atom stereocenters. The first-order chi connectivity index (χ1) is 17.4. The molecule has 0 amide bonds. The summed E-state index contributed by atoms with van der Waals surface area (Å²) in [5, 5.41) is 4.40. The van der Waals surface area contributed by atoms with Crippen LogP contribution in [0.1, 0.15) is 42.5 Å². The summed E-state index contributed by atoms with van der Waals surface area (Å²) in [5.41, 5.74) is 2.69. The quantitative estimate of drug-likeness (QED) is 0.182. The lowest BCUT2D eigenvalue weighted by atomic mass is 9.95. The van der Waals surface area contributed by atoms with Gasteiger partial charge in [0.15, 0.2) is 11.5 Å². The molecule has 0 spiro atoms. The fourth-order valence-electron chi connectivity index (χ4n) is 4.51. The number of carbonyl (C=O) groups excluding carboxylic acids is 1. The number of nitrogens with one attached hydrogen (secondary N) is 1. The van der Waals surface area contributed by atoms with Crippen molar-refractivity contribution in [3.8, 4) is 22.8 Å². The van der Waals surface area contributed by atoms with Crippen LogP contribution in [0.2, 0.25) is 10.0 Å². The predicted octanol–water partition coefficient (Wildman–Crippen LogP) is 8.04. The molecular weight excluding hydrogens is 565 g/mol. The van der Waals surface area contributed by atoms with E-state index < -0.39 is 5.97 Å². The van der Waals surface area contributed by atoms with E-state index in [2.05, 4.69) is 25.6 Å². The number of hydrogen-bond donors (Lipinski definition) is 1. The van der Waals surface area contributed by atoms with Crippen LogP contribution in [-0.2, 0) is 0 Å². The van der Waals surface area contributed by atoms with Crippen molar-refractivity contribution in [1.82, 2.24) is 9.38 Å². The van der Waals surface area contributed by atoms with Gasteiger partial charge in [0, 0.05) is 27.3 Å². The molecule has 6 nitrogen and oxygen atoms in total. The van der Waals surface area contributed by atoms with E-state index in [0.29, 0.717) is 16.8 Å². The number of imidazole rings is 1. The topological polar surface area (TPSA) is 64.9 Å². The van der Waals surface area contributed by atoms with Gasteiger partial charge in [-0.1, -0.05) is 42.5 Å². The van der Waals surface area contributed by atoms with Gasteiger partial charge >= 0.3 is 5.97 Å². The minimum atomic E-state index is -0.597. The molecule has 2 aromatic heterocycles. The van der Waals surface area contributed by atoms with Crippen molar-refractivity contribution in [2.75, 3.05) is 12.4 Å². The normalized spacial score (nSPS) is 14.1. The average molecular weight is 589 g/mol. The Morgan fingerprint density at radius 3 is 2.61 bits per heavy atom. The zero-order valence-corrected chi connectivity index (χ0v) is 22.7. The number of pyridine rings is 1. The molecule has 0 atom stereocenters. The van der Waals surface area contributed by atoms with Crippen molar-refractivity contribution in [3.05, 3.63) is 74.8 Å². The number of carbonyl (C=O) groups is 1. The fourth-order valence-corrected chi connectivity index (χ4v) is 5.33. The Bertz CT molecular complexity index is 1430. The SMILES string of the molecule is COc1cc(-c2nc3ccc(Br)cn3c2NC2CCCCC2)ccc1OC(=O)c1ccc(Cl)cc1Cl. The maximum absolute atomic E-state index is 12.8. The van der Waals surface area contributed by atoms with Crippen molar-refractivity contribution in [1.29, 1.82) is 0 Å². The third-order valence-electron chi connectivity index (χ3n) is 6.32. The molecule has 1 aliphatic carbocycles. The first-order valence-electron chi connectivity index (χ1n) is 11.7. The van der Waals surface area contributed by atoms with Crippen molar-refractivity contribution >= 4 is 56.6 Å². The van der Waals surface area contributed by atoms with Crippen molar-refractivity contribution in [3.63, 3.8) is 0 Å². The van der Waals surface area contributed by atoms with Crippen LogP contribution in [0.5, 0.6) is 11.5 Å². The molecule has 1 aliphatic rings. The molecule has 0 aliphatic heterocycles. The van der Waals surface area contributed by atoms with Gasteiger partial charge in [-0.3, -0.25) is 4.40 Å². The van der Waals surface area contributed by atoms with Gasteiger partial charge < -0.3 is 14.8 Å². The van der Waals surface area contributed by atoms with E-state index in [4.69, 9.17) is 37.7 Å². The summed E-state index contributed by atoms with van der Waals surface area (Å²) in [7, 11) is 1.54. The van der Waals surface area contributed by atoms with E-state index in [1.807, 2.05) is 30.5 Å². The van der Waals surface area contributed by atoms with Gasteiger partial charge in [-0.15, -0.1) is 0 Å². The molecule has 1 fully saturated rings. The molecule has 1 N–H and O–H groups in total. The Hall–Kier alpha value is -2.74. The van der Waals surface area contributed by atoms with E-state index in [0.717, 1.165) is 40.0 Å². The highest BCUT2D eigenvalue weighted by atomic mass is 79.9. The summed E-state index contributed by atoms with van der Waals surface area (Å²) in [6.45, 7) is 0. The van der Waals surface area contributed by atoms with Crippen LogP contribution >= 0.6 is 39.1 Å². The molecule has 0 bridgehead atoms. The maximum Gasteiger partial charge on any atom is 0.345 e. The molecule has 0 saturated heterocycles. The second kappa shape index (κ2) is 10.7. The molecule has 2 aromatic carbocycles. The van der Waals surface area contributed by atoms with Gasteiger partial charge in [0.25, 0.3) is 0 Å². The first kappa shape index (κ1) is 24.9. The summed E-state index contributed by atoms with van der Waals surface area (Å²) < 4.78 is 14.2. The Morgan fingerprint density at radius 2 is 1.86 bits per heavy atom. The van der Waals surface area contributed by atoms with Crippen LogP contribution in [0, 0.1) is 0 Å². The molecule has 186 valence electrons. The zero-order chi connectivity index (χ0) is 25.2. The lowest BCUT2D eigenvalue weighted by molar-refractivity contribution is 0.0730. The van der Waals surface area contributed by atoms with Crippen LogP contribution in [0.3, 0.4) is 0 Å². The van der Waals surface area contributed by atoms with Crippen molar-refractivity contribution in [2.45, 2.75) is 38.1 Å². The third-order valence-corrected chi connectivity index (χ3v) is 7.34. The van der Waals surface area contributed by atoms with Gasteiger partial charge in [0.1, 0.15) is 17.2 Å². The molecule has 9 heteroatoms. The van der Waals surface area contributed by atoms with Crippen molar-refractivity contribution in [2.24, 2.45) is 0 Å². The number of aromatic nitrogens is 2. The largest absolute Gasteiger partial charge is 0.493 e. The minimum Gasteiger partial charge on any atom is -0.493 e. The maximum atomic E-state index is 12.8. The summed E-state index contributed by atoms with van der Waals surface area (Å²) in [6, 6.07) is 14.4. The Labute approximate surface area is 227 Å². The second-order valence-electron chi connectivity index (χ2n) is 8.74. The van der Waals surface area contributed by atoms with Gasteiger partial charge in [-0.05, 0) is 77.3 Å². The Kier molecular flexibility index (Phi) is 7.42. The molecule has 2 heterocycles. The van der Waals surface area contributed by atoms with E-state index in [9.17, 15) is 4.79 Å². The lowest BCUT2D eigenvalue weighted by Gasteiger charge is -2.24. The number of anilines is 1. The second-order valence-corrected chi connectivity index (χ2v) is 10.5. The highest BCUT2D eigenvalue weighted by molar-refractivity contribution is 9.10. The van der Waals surface area contributed by atoms with Gasteiger partial charge in [-0.2, -0.15) is 0 Å². The zero-order valence-electron chi connectivity index (χ0n) is 19.6. The minimum absolute atomic E-state index is 0.220. The third kappa shape index (κ3) is 5.19. The standard InChI is InChI=1S/C27H24BrCl2N3O3/c1-35-23-13-16(7-11-22(23)36-27(34)20-10-9-18(29)14-21(20)30)25-26(31-19-5-3-2-4-6-19)33-15-17(28)8-12-24(33)32-25/h7-15,19,31H,2-6H2,1H3. The first-order valence-corrected chi connectivity index (χ1v) is 13.3. The average Bonchev–Trinajstić information content (AvgIpc) is 3.22. The molecule has 0 radical (unpaired) electrons. The molecule has 4 aromatic rings. The van der Waals surface area contributed by atoms with Crippen LogP contribution in [0.25, 0.3) is 16.9 Å². The van der Waals surface area contributed by atoms with Crippen LogP contribution in [0.4, 0.5) is 5.82 Å². The number of methoxy groups -OCH3 is 1. The fraction of sp³-hybridized carbons (Fsp3) is 0.259.